The Morgan fingerprint density at radius 1 is 1.28 bits per heavy atom. The number of hydrogen-bond donors (Lipinski definition) is 1. The van der Waals surface area contributed by atoms with Crippen LogP contribution < -0.4 is 0 Å². The van der Waals surface area contributed by atoms with E-state index >= 15 is 0 Å². The molecule has 0 aromatic carbocycles. The molecule has 2 aromatic rings. The summed E-state index contributed by atoms with van der Waals surface area (Å²) in [6.45, 7) is 0. The van der Waals surface area contributed by atoms with Gasteiger partial charge in [-0.1, -0.05) is 0 Å². The van der Waals surface area contributed by atoms with Crippen LogP contribution in [0.1, 0.15) is 39.1 Å². The minimum atomic E-state index is -0.342. The Kier molecular flexibility index (Phi) is 3.89. The molecule has 0 spiro atoms. The fraction of sp³-hybridized carbons (Fsp3) is 0.429. The quantitative estimate of drug-likeness (QED) is 0.854. The van der Waals surface area contributed by atoms with Crippen molar-refractivity contribution >= 4 is 38.6 Å². The molecule has 2 heterocycles. The predicted octanol–water partition coefficient (Wildman–Crippen LogP) is 4.73. The van der Waals surface area contributed by atoms with E-state index in [1.807, 2.05) is 11.3 Å². The number of halogens is 1. The van der Waals surface area contributed by atoms with Crippen LogP contribution >= 0.6 is 38.6 Å². The predicted molar refractivity (Wildman–Crippen MR) is 81.6 cm³/mol. The maximum atomic E-state index is 10.3. The highest BCUT2D eigenvalue weighted by molar-refractivity contribution is 9.10. The molecule has 0 amide bonds. The third-order valence-corrected chi connectivity index (χ3v) is 6.42. The smallest absolute Gasteiger partial charge is 0.0930 e. The summed E-state index contributed by atoms with van der Waals surface area (Å²) in [6.07, 6.45) is 5.40. The van der Waals surface area contributed by atoms with Gasteiger partial charge in [0.2, 0.25) is 0 Å². The van der Waals surface area contributed by atoms with Gasteiger partial charge < -0.3 is 5.11 Å². The summed E-state index contributed by atoms with van der Waals surface area (Å²) in [7, 11) is 0. The first kappa shape index (κ1) is 12.9. The normalized spacial score (nSPS) is 16.6. The molecule has 1 atom stereocenters. The Morgan fingerprint density at radius 3 is 2.83 bits per heavy atom. The molecule has 0 bridgehead atoms. The lowest BCUT2D eigenvalue weighted by Crippen LogP contribution is -1.98. The monoisotopic (exact) mass is 342 g/mol. The number of thiophene rings is 2. The van der Waals surface area contributed by atoms with Crippen LogP contribution in [0.5, 0.6) is 0 Å². The second-order valence-corrected chi connectivity index (χ2v) is 7.84. The van der Waals surface area contributed by atoms with Crippen molar-refractivity contribution in [2.24, 2.45) is 0 Å². The van der Waals surface area contributed by atoms with Gasteiger partial charge in [-0.25, -0.2) is 0 Å². The number of fused-ring (bicyclic) bond motifs is 1. The minimum Gasteiger partial charge on any atom is -0.387 e. The topological polar surface area (TPSA) is 20.2 Å². The third kappa shape index (κ3) is 2.72. The molecule has 0 aliphatic heterocycles. The highest BCUT2D eigenvalue weighted by Gasteiger charge is 2.18. The number of aliphatic hydroxyl groups is 1. The Hall–Kier alpha value is -0.160. The van der Waals surface area contributed by atoms with Crippen molar-refractivity contribution in [3.05, 3.63) is 42.2 Å². The van der Waals surface area contributed by atoms with Crippen molar-refractivity contribution in [2.75, 3.05) is 0 Å². The van der Waals surface area contributed by atoms with Gasteiger partial charge in [-0.2, -0.15) is 0 Å². The van der Waals surface area contributed by atoms with Gasteiger partial charge in [0, 0.05) is 30.9 Å². The van der Waals surface area contributed by atoms with Crippen molar-refractivity contribution in [1.29, 1.82) is 0 Å². The maximum absolute atomic E-state index is 10.3. The summed E-state index contributed by atoms with van der Waals surface area (Å²) < 4.78 is 1.11. The standard InChI is InChI=1S/C14H15BrOS2/c15-10-6-11(17-8-10)7-12(16)14-5-9-3-1-2-4-13(9)18-14/h5-6,8,12,16H,1-4,7H2. The minimum absolute atomic E-state index is 0.342. The van der Waals surface area contributed by atoms with E-state index in [1.54, 1.807) is 11.3 Å². The number of aliphatic hydroxyl groups excluding tert-OH is 1. The van der Waals surface area contributed by atoms with Gasteiger partial charge in [-0.05, 0) is 59.3 Å². The van der Waals surface area contributed by atoms with E-state index in [2.05, 4.69) is 33.4 Å². The molecule has 0 saturated carbocycles. The zero-order chi connectivity index (χ0) is 12.5. The zero-order valence-corrected chi connectivity index (χ0v) is 13.2. The Bertz CT molecular complexity index is 520. The van der Waals surface area contributed by atoms with Crippen LogP contribution in [0, 0.1) is 0 Å². The molecule has 1 unspecified atom stereocenters. The summed E-state index contributed by atoms with van der Waals surface area (Å²) in [5.41, 5.74) is 1.48. The van der Waals surface area contributed by atoms with Crippen LogP contribution in [0.3, 0.4) is 0 Å². The van der Waals surface area contributed by atoms with Crippen LogP contribution in [-0.4, -0.2) is 5.11 Å². The van der Waals surface area contributed by atoms with Gasteiger partial charge in [-0.3, -0.25) is 0 Å². The molecule has 4 heteroatoms. The first-order valence-electron chi connectivity index (χ1n) is 6.25. The molecule has 18 heavy (non-hydrogen) atoms. The third-order valence-electron chi connectivity index (χ3n) is 3.36. The van der Waals surface area contributed by atoms with E-state index < -0.39 is 0 Å². The molecule has 1 N–H and O–H groups in total. The SMILES string of the molecule is OC(Cc1cc(Br)cs1)c1cc2c(s1)CCCC2. The molecular weight excluding hydrogens is 328 g/mol. The average molecular weight is 343 g/mol. The molecule has 1 aliphatic rings. The maximum Gasteiger partial charge on any atom is 0.0930 e. The van der Waals surface area contributed by atoms with Gasteiger partial charge in [0.15, 0.2) is 0 Å². The summed E-state index contributed by atoms with van der Waals surface area (Å²) in [5, 5.41) is 12.4. The largest absolute Gasteiger partial charge is 0.387 e. The van der Waals surface area contributed by atoms with E-state index in [1.165, 1.54) is 41.0 Å². The molecule has 3 rings (SSSR count). The Labute approximate surface area is 124 Å². The Morgan fingerprint density at radius 2 is 2.11 bits per heavy atom. The van der Waals surface area contributed by atoms with Crippen molar-refractivity contribution in [3.63, 3.8) is 0 Å². The molecule has 96 valence electrons. The molecule has 0 fully saturated rings. The van der Waals surface area contributed by atoms with Crippen LogP contribution in [-0.2, 0) is 19.3 Å². The average Bonchev–Trinajstić information content (AvgIpc) is 2.95. The van der Waals surface area contributed by atoms with Crippen LogP contribution in [0.2, 0.25) is 0 Å². The summed E-state index contributed by atoms with van der Waals surface area (Å²) in [5.74, 6) is 0. The van der Waals surface area contributed by atoms with Crippen molar-refractivity contribution in [3.8, 4) is 0 Å². The number of hydrogen-bond acceptors (Lipinski definition) is 3. The summed E-state index contributed by atoms with van der Waals surface area (Å²) in [4.78, 5) is 3.88. The number of aryl methyl sites for hydroxylation is 2. The van der Waals surface area contributed by atoms with Gasteiger partial charge in [0.25, 0.3) is 0 Å². The van der Waals surface area contributed by atoms with Crippen molar-refractivity contribution in [2.45, 2.75) is 38.2 Å². The highest BCUT2D eigenvalue weighted by Crippen LogP contribution is 2.34. The van der Waals surface area contributed by atoms with Gasteiger partial charge in [-0.15, -0.1) is 22.7 Å². The van der Waals surface area contributed by atoms with Crippen molar-refractivity contribution < 1.29 is 5.11 Å². The fourth-order valence-electron chi connectivity index (χ4n) is 2.43. The molecule has 0 radical (unpaired) electrons. The van der Waals surface area contributed by atoms with Crippen LogP contribution in [0.4, 0.5) is 0 Å². The van der Waals surface area contributed by atoms with Gasteiger partial charge in [0.1, 0.15) is 0 Å². The van der Waals surface area contributed by atoms with Crippen molar-refractivity contribution in [1.82, 2.24) is 0 Å². The highest BCUT2D eigenvalue weighted by atomic mass is 79.9. The first-order chi connectivity index (χ1) is 8.72. The van der Waals surface area contributed by atoms with E-state index in [0.29, 0.717) is 0 Å². The van der Waals surface area contributed by atoms with E-state index in [4.69, 9.17) is 0 Å². The van der Waals surface area contributed by atoms with Gasteiger partial charge in [0.05, 0.1) is 6.10 Å². The van der Waals surface area contributed by atoms with E-state index in [0.717, 1.165) is 15.8 Å². The lowest BCUT2D eigenvalue weighted by molar-refractivity contribution is 0.183. The first-order valence-corrected chi connectivity index (χ1v) is 8.74. The lowest BCUT2D eigenvalue weighted by atomic mass is 9.99. The summed E-state index contributed by atoms with van der Waals surface area (Å²) in [6, 6.07) is 4.33. The lowest BCUT2D eigenvalue weighted by Gasteiger charge is -2.08. The molecule has 0 saturated heterocycles. The van der Waals surface area contributed by atoms with Crippen LogP contribution in [0.25, 0.3) is 0 Å². The molecular formula is C14H15BrOS2. The zero-order valence-electron chi connectivity index (χ0n) is 9.99. The number of rotatable bonds is 3. The fourth-order valence-corrected chi connectivity index (χ4v) is 5.16. The second-order valence-electron chi connectivity index (χ2n) is 4.76. The molecule has 2 aromatic heterocycles. The van der Waals surface area contributed by atoms with Gasteiger partial charge >= 0.3 is 0 Å². The summed E-state index contributed by atoms with van der Waals surface area (Å²) >= 11 is 6.97. The Balaban J connectivity index is 1.75. The van der Waals surface area contributed by atoms with E-state index in [-0.39, 0.29) is 6.10 Å². The molecule has 1 aliphatic carbocycles. The van der Waals surface area contributed by atoms with Crippen LogP contribution in [0.15, 0.2) is 22.0 Å². The van der Waals surface area contributed by atoms with E-state index in [9.17, 15) is 5.11 Å². The second kappa shape index (κ2) is 5.45. The molecule has 1 nitrogen and oxygen atoms in total.